The molecule has 114 valence electrons. The average molecular weight is 289 g/mol. The molecule has 2 rings (SSSR count). The molecule has 21 heavy (non-hydrogen) atoms. The Morgan fingerprint density at radius 3 is 2.19 bits per heavy atom. The highest BCUT2D eigenvalue weighted by atomic mass is 16.2. The van der Waals surface area contributed by atoms with Crippen molar-refractivity contribution in [3.63, 3.8) is 0 Å². The zero-order valence-corrected chi connectivity index (χ0v) is 13.5. The van der Waals surface area contributed by atoms with Gasteiger partial charge in [-0.2, -0.15) is 0 Å². The molecule has 4 nitrogen and oxygen atoms in total. The molecular weight excluding hydrogens is 264 g/mol. The average Bonchev–Trinajstić information content (AvgIpc) is 2.47. The summed E-state index contributed by atoms with van der Waals surface area (Å²) in [5, 5.41) is 0. The molecule has 0 aliphatic carbocycles. The van der Waals surface area contributed by atoms with Crippen LogP contribution < -0.4 is 4.90 Å². The van der Waals surface area contributed by atoms with Gasteiger partial charge in [0.25, 0.3) is 0 Å². The molecule has 0 bridgehead atoms. The van der Waals surface area contributed by atoms with E-state index in [4.69, 9.17) is 0 Å². The van der Waals surface area contributed by atoms with Crippen molar-refractivity contribution >= 4 is 17.5 Å². The summed E-state index contributed by atoms with van der Waals surface area (Å²) in [5.74, 6) is 0.278. The summed E-state index contributed by atoms with van der Waals surface area (Å²) in [6, 6.07) is 6.17. The van der Waals surface area contributed by atoms with E-state index in [1.807, 2.05) is 46.0 Å². The SMILES string of the molecule is CC[N+]1(C(=O)N(C)c2c(C)cccc2C)CCC(=O)CC1. The summed E-state index contributed by atoms with van der Waals surface area (Å²) in [4.78, 5) is 26.3. The first-order valence-electron chi connectivity index (χ1n) is 7.63. The fourth-order valence-corrected chi connectivity index (χ4v) is 3.31. The Morgan fingerprint density at radius 2 is 1.71 bits per heavy atom. The van der Waals surface area contributed by atoms with Crippen molar-refractivity contribution in [2.45, 2.75) is 33.6 Å². The minimum atomic E-state index is 0.0994. The molecule has 0 spiro atoms. The predicted molar refractivity (Wildman–Crippen MR) is 84.5 cm³/mol. The fourth-order valence-electron chi connectivity index (χ4n) is 3.31. The molecule has 2 amide bonds. The summed E-state index contributed by atoms with van der Waals surface area (Å²) in [7, 11) is 1.85. The second kappa shape index (κ2) is 5.98. The number of carbonyl (C=O) groups is 2. The topological polar surface area (TPSA) is 37.4 Å². The number of quaternary nitrogens is 1. The van der Waals surface area contributed by atoms with E-state index >= 15 is 0 Å². The van der Waals surface area contributed by atoms with Crippen LogP contribution in [0.5, 0.6) is 0 Å². The van der Waals surface area contributed by atoms with Gasteiger partial charge >= 0.3 is 6.03 Å². The second-order valence-electron chi connectivity index (χ2n) is 6.03. The van der Waals surface area contributed by atoms with Crippen LogP contribution in [0.3, 0.4) is 0 Å². The van der Waals surface area contributed by atoms with E-state index < -0.39 is 0 Å². The third kappa shape index (κ3) is 2.86. The third-order valence-electron chi connectivity index (χ3n) is 4.71. The molecule has 1 aromatic rings. The Hall–Kier alpha value is -1.68. The van der Waals surface area contributed by atoms with E-state index in [2.05, 4.69) is 0 Å². The molecule has 1 aliphatic rings. The van der Waals surface area contributed by atoms with Gasteiger partial charge in [0.2, 0.25) is 0 Å². The van der Waals surface area contributed by atoms with Crippen LogP contribution in [-0.2, 0) is 4.79 Å². The molecule has 0 radical (unpaired) electrons. The van der Waals surface area contributed by atoms with Crippen molar-refractivity contribution < 1.29 is 14.1 Å². The van der Waals surface area contributed by atoms with Gasteiger partial charge < -0.3 is 0 Å². The molecule has 0 aromatic heterocycles. The van der Waals surface area contributed by atoms with E-state index in [0.29, 0.717) is 30.4 Å². The van der Waals surface area contributed by atoms with Crippen molar-refractivity contribution in [3.05, 3.63) is 29.3 Å². The molecule has 4 heteroatoms. The highest BCUT2D eigenvalue weighted by Crippen LogP contribution is 2.27. The normalized spacial score (nSPS) is 17.6. The van der Waals surface area contributed by atoms with Gasteiger partial charge in [-0.15, -0.1) is 0 Å². The lowest BCUT2D eigenvalue weighted by molar-refractivity contribution is -0.848. The molecule has 0 N–H and O–H groups in total. The van der Waals surface area contributed by atoms with Crippen LogP contribution in [0.4, 0.5) is 10.5 Å². The predicted octanol–water partition coefficient (Wildman–Crippen LogP) is 3.06. The van der Waals surface area contributed by atoms with Crippen molar-refractivity contribution in [1.29, 1.82) is 0 Å². The third-order valence-corrected chi connectivity index (χ3v) is 4.71. The van der Waals surface area contributed by atoms with Crippen LogP contribution in [0.15, 0.2) is 18.2 Å². The van der Waals surface area contributed by atoms with E-state index in [-0.39, 0.29) is 11.8 Å². The monoisotopic (exact) mass is 289 g/mol. The molecule has 1 heterocycles. The van der Waals surface area contributed by atoms with Crippen LogP contribution in [0.2, 0.25) is 0 Å². The van der Waals surface area contributed by atoms with Gasteiger partial charge in [0.05, 0.1) is 38.2 Å². The number of urea groups is 1. The van der Waals surface area contributed by atoms with Crippen LogP contribution in [0, 0.1) is 13.8 Å². The molecule has 0 atom stereocenters. The first kappa shape index (κ1) is 15.7. The molecular formula is C17H25N2O2+. The Morgan fingerprint density at radius 1 is 1.19 bits per heavy atom. The maximum atomic E-state index is 13.0. The Balaban J connectivity index is 2.31. The Bertz CT molecular complexity index is 536. The number of benzene rings is 1. The van der Waals surface area contributed by atoms with E-state index in [1.54, 1.807) is 4.90 Å². The lowest BCUT2D eigenvalue weighted by Crippen LogP contribution is -2.61. The first-order chi connectivity index (χ1) is 9.91. The van der Waals surface area contributed by atoms with Gasteiger partial charge in [-0.3, -0.25) is 9.69 Å². The number of carbonyl (C=O) groups excluding carboxylic acids is 2. The number of likely N-dealkylation sites (tertiary alicyclic amines) is 1. The molecule has 1 aliphatic heterocycles. The number of aryl methyl sites for hydroxylation is 2. The number of piperidine rings is 1. The summed E-state index contributed by atoms with van der Waals surface area (Å²) >= 11 is 0. The highest BCUT2D eigenvalue weighted by molar-refractivity contribution is 5.89. The van der Waals surface area contributed by atoms with E-state index in [0.717, 1.165) is 23.4 Å². The Kier molecular flexibility index (Phi) is 4.47. The Labute approximate surface area is 126 Å². The van der Waals surface area contributed by atoms with Crippen molar-refractivity contribution in [2.75, 3.05) is 31.6 Å². The number of ketones is 1. The summed E-state index contributed by atoms with van der Waals surface area (Å²) in [5.41, 5.74) is 3.20. The molecule has 0 unspecified atom stereocenters. The molecule has 1 saturated heterocycles. The van der Waals surface area contributed by atoms with Crippen LogP contribution in [0.1, 0.15) is 30.9 Å². The van der Waals surface area contributed by atoms with E-state index in [9.17, 15) is 9.59 Å². The van der Waals surface area contributed by atoms with Crippen LogP contribution in [-0.4, -0.2) is 43.0 Å². The lowest BCUT2D eigenvalue weighted by atomic mass is 10.1. The van der Waals surface area contributed by atoms with E-state index in [1.165, 1.54) is 0 Å². The maximum Gasteiger partial charge on any atom is 0.423 e. The fraction of sp³-hybridized carbons (Fsp3) is 0.529. The minimum absolute atomic E-state index is 0.0994. The van der Waals surface area contributed by atoms with Gasteiger partial charge in [0.15, 0.2) is 0 Å². The van der Waals surface area contributed by atoms with Crippen LogP contribution >= 0.6 is 0 Å². The number of Topliss-reactive ketones (excluding diaryl/α,β-unsaturated/α-hetero) is 1. The molecule has 1 aromatic carbocycles. The summed E-state index contributed by atoms with van der Waals surface area (Å²) < 4.78 is 0.385. The number of hydrogen-bond donors (Lipinski definition) is 0. The van der Waals surface area contributed by atoms with Gasteiger partial charge in [-0.25, -0.2) is 9.28 Å². The smallest absolute Gasteiger partial charge is 0.299 e. The van der Waals surface area contributed by atoms with Crippen LogP contribution in [0.25, 0.3) is 0 Å². The largest absolute Gasteiger partial charge is 0.423 e. The minimum Gasteiger partial charge on any atom is -0.299 e. The zero-order valence-electron chi connectivity index (χ0n) is 13.5. The summed E-state index contributed by atoms with van der Waals surface area (Å²) in [6.45, 7) is 8.09. The summed E-state index contributed by atoms with van der Waals surface area (Å²) in [6.07, 6.45) is 1.03. The molecule has 0 saturated carbocycles. The molecule has 1 fully saturated rings. The number of hydrogen-bond acceptors (Lipinski definition) is 2. The van der Waals surface area contributed by atoms with Crippen molar-refractivity contribution in [2.24, 2.45) is 0 Å². The highest BCUT2D eigenvalue weighted by Gasteiger charge is 2.41. The number of para-hydroxylation sites is 1. The van der Waals surface area contributed by atoms with Crippen molar-refractivity contribution in [1.82, 2.24) is 0 Å². The van der Waals surface area contributed by atoms with Gasteiger partial charge in [0, 0.05) is 7.05 Å². The number of amides is 2. The standard InChI is InChI=1S/C17H25N2O2/c1-5-19(11-9-15(20)10-12-19)17(21)18(4)16-13(2)7-6-8-14(16)3/h6-8H,5,9-12H2,1-4H3/q+1. The maximum absolute atomic E-state index is 13.0. The van der Waals surface area contributed by atoms with Crippen molar-refractivity contribution in [3.8, 4) is 0 Å². The van der Waals surface area contributed by atoms with Gasteiger partial charge in [-0.1, -0.05) is 18.2 Å². The number of anilines is 1. The quantitative estimate of drug-likeness (QED) is 0.785. The lowest BCUT2D eigenvalue weighted by Gasteiger charge is -2.40. The number of rotatable bonds is 2. The number of nitrogens with zero attached hydrogens (tertiary/aromatic N) is 2. The second-order valence-corrected chi connectivity index (χ2v) is 6.03. The van der Waals surface area contributed by atoms with Gasteiger partial charge in [-0.05, 0) is 31.9 Å². The zero-order chi connectivity index (χ0) is 15.6. The first-order valence-corrected chi connectivity index (χ1v) is 7.63. The van der Waals surface area contributed by atoms with Gasteiger partial charge in [0.1, 0.15) is 5.78 Å².